The van der Waals surface area contributed by atoms with Crippen molar-refractivity contribution >= 4 is 6.09 Å². The van der Waals surface area contributed by atoms with E-state index in [1.165, 1.54) is 0 Å². The molecule has 4 heteroatoms. The maximum absolute atomic E-state index is 11.1. The van der Waals surface area contributed by atoms with Gasteiger partial charge < -0.3 is 15.2 Å². The number of carbonyl (C=O) groups excluding carboxylic acids is 1. The molecule has 0 spiro atoms. The lowest BCUT2D eigenvalue weighted by Gasteiger charge is -2.17. The van der Waals surface area contributed by atoms with Gasteiger partial charge in [0.25, 0.3) is 0 Å². The summed E-state index contributed by atoms with van der Waals surface area (Å²) in [7, 11) is 0. The van der Waals surface area contributed by atoms with E-state index in [4.69, 9.17) is 15.2 Å². The van der Waals surface area contributed by atoms with Crippen molar-refractivity contribution < 1.29 is 14.3 Å². The first-order chi connectivity index (χ1) is 10.7. The molecule has 0 saturated carbocycles. The average molecular weight is 297 g/mol. The minimum absolute atomic E-state index is 0.408. The normalized spacial score (nSPS) is 11.5. The zero-order chi connectivity index (χ0) is 15.8. The zero-order valence-electron chi connectivity index (χ0n) is 12.3. The van der Waals surface area contributed by atoms with E-state index < -0.39 is 12.2 Å². The molecule has 2 aromatic rings. The Morgan fingerprint density at radius 2 is 1.86 bits per heavy atom. The summed E-state index contributed by atoms with van der Waals surface area (Å²) in [6.07, 6.45) is 1.93. The van der Waals surface area contributed by atoms with Crippen molar-refractivity contribution in [3.8, 4) is 11.5 Å². The van der Waals surface area contributed by atoms with E-state index in [0.717, 1.165) is 17.7 Å². The van der Waals surface area contributed by atoms with Crippen LogP contribution in [0.5, 0.6) is 11.5 Å². The van der Waals surface area contributed by atoms with E-state index in [1.807, 2.05) is 54.6 Å². The molecule has 1 atom stereocenters. The number of allylic oxidation sites excluding steroid dienone is 1. The maximum atomic E-state index is 11.1. The Morgan fingerprint density at radius 1 is 1.14 bits per heavy atom. The number of nitrogens with two attached hydrogens (primary N) is 1. The quantitative estimate of drug-likeness (QED) is 0.761. The lowest BCUT2D eigenvalue weighted by molar-refractivity contribution is 0.102. The van der Waals surface area contributed by atoms with E-state index in [2.05, 4.69) is 6.58 Å². The fourth-order valence-electron chi connectivity index (χ4n) is 2.11. The molecular formula is C18H19NO3. The van der Waals surface area contributed by atoms with Crippen molar-refractivity contribution in [2.75, 3.05) is 0 Å². The Labute approximate surface area is 130 Å². The summed E-state index contributed by atoms with van der Waals surface area (Å²) in [5.74, 6) is 1.43. The third kappa shape index (κ3) is 4.66. The third-order valence-corrected chi connectivity index (χ3v) is 3.10. The second-order valence-electron chi connectivity index (χ2n) is 4.78. The summed E-state index contributed by atoms with van der Waals surface area (Å²) in [5.41, 5.74) is 5.99. The van der Waals surface area contributed by atoms with E-state index in [-0.39, 0.29) is 0 Å². The van der Waals surface area contributed by atoms with Gasteiger partial charge in [-0.3, -0.25) is 0 Å². The monoisotopic (exact) mass is 297 g/mol. The fourth-order valence-corrected chi connectivity index (χ4v) is 2.11. The molecule has 0 fully saturated rings. The number of benzene rings is 2. The molecule has 0 aliphatic heterocycles. The second-order valence-corrected chi connectivity index (χ2v) is 4.78. The van der Waals surface area contributed by atoms with Gasteiger partial charge in [-0.1, -0.05) is 36.4 Å². The molecular weight excluding hydrogens is 278 g/mol. The molecule has 114 valence electrons. The van der Waals surface area contributed by atoms with Crippen molar-refractivity contribution in [2.24, 2.45) is 5.73 Å². The molecule has 22 heavy (non-hydrogen) atoms. The van der Waals surface area contributed by atoms with Gasteiger partial charge >= 0.3 is 6.09 Å². The van der Waals surface area contributed by atoms with Crippen molar-refractivity contribution in [2.45, 2.75) is 18.9 Å². The van der Waals surface area contributed by atoms with Crippen LogP contribution in [0.3, 0.4) is 0 Å². The maximum Gasteiger partial charge on any atom is 0.405 e. The smallest absolute Gasteiger partial charge is 0.405 e. The molecule has 1 unspecified atom stereocenters. The summed E-state index contributed by atoms with van der Waals surface area (Å²) in [6, 6.07) is 16.9. The molecule has 0 aliphatic rings. The first-order valence-electron chi connectivity index (χ1n) is 7.09. The Balaban J connectivity index is 2.17. The van der Waals surface area contributed by atoms with Gasteiger partial charge in [-0.2, -0.15) is 0 Å². The van der Waals surface area contributed by atoms with Gasteiger partial charge in [0, 0.05) is 0 Å². The van der Waals surface area contributed by atoms with Crippen LogP contribution in [0.1, 0.15) is 24.5 Å². The van der Waals surface area contributed by atoms with Crippen LogP contribution in [-0.2, 0) is 4.74 Å². The highest BCUT2D eigenvalue weighted by atomic mass is 16.6. The van der Waals surface area contributed by atoms with Crippen molar-refractivity contribution in [1.29, 1.82) is 0 Å². The molecule has 0 radical (unpaired) electrons. The minimum Gasteiger partial charge on any atom is -0.457 e. The van der Waals surface area contributed by atoms with Crippen LogP contribution in [-0.4, -0.2) is 6.09 Å². The molecule has 0 saturated heterocycles. The Bertz CT molecular complexity index is 625. The van der Waals surface area contributed by atoms with Crippen LogP contribution >= 0.6 is 0 Å². The predicted octanol–water partition coefficient (Wildman–Crippen LogP) is 4.58. The zero-order valence-corrected chi connectivity index (χ0v) is 12.3. The molecule has 4 nitrogen and oxygen atoms in total. The first kappa shape index (κ1) is 15.6. The summed E-state index contributed by atoms with van der Waals surface area (Å²) < 4.78 is 11.0. The van der Waals surface area contributed by atoms with Gasteiger partial charge in [0.1, 0.15) is 17.6 Å². The van der Waals surface area contributed by atoms with Crippen LogP contribution < -0.4 is 10.5 Å². The van der Waals surface area contributed by atoms with Crippen LogP contribution in [0, 0.1) is 0 Å². The third-order valence-electron chi connectivity index (χ3n) is 3.10. The van der Waals surface area contributed by atoms with E-state index in [1.54, 1.807) is 6.08 Å². The standard InChI is InChI=1S/C18H19NO3/c1-2-3-12-17(22-18(19)20)14-8-7-11-16(13-14)21-15-9-5-4-6-10-15/h2,4-11,13,17H,1,3,12H2,(H2,19,20). The highest BCUT2D eigenvalue weighted by Gasteiger charge is 2.15. The topological polar surface area (TPSA) is 61.5 Å². The van der Waals surface area contributed by atoms with Gasteiger partial charge in [-0.25, -0.2) is 4.79 Å². The predicted molar refractivity (Wildman–Crippen MR) is 85.8 cm³/mol. The SMILES string of the molecule is C=CCCC(OC(N)=O)c1cccc(Oc2ccccc2)c1. The average Bonchev–Trinajstić information content (AvgIpc) is 2.52. The lowest BCUT2D eigenvalue weighted by Crippen LogP contribution is -2.17. The van der Waals surface area contributed by atoms with E-state index >= 15 is 0 Å². The first-order valence-corrected chi connectivity index (χ1v) is 7.09. The largest absolute Gasteiger partial charge is 0.457 e. The van der Waals surface area contributed by atoms with Crippen molar-refractivity contribution in [3.63, 3.8) is 0 Å². The number of primary amides is 1. The summed E-state index contributed by atoms with van der Waals surface area (Å²) in [6.45, 7) is 3.68. The molecule has 2 N–H and O–H groups in total. The van der Waals surface area contributed by atoms with Gasteiger partial charge in [-0.05, 0) is 42.7 Å². The Morgan fingerprint density at radius 3 is 2.55 bits per heavy atom. The molecule has 0 aromatic heterocycles. The van der Waals surface area contributed by atoms with Gasteiger partial charge in [0.2, 0.25) is 0 Å². The number of rotatable bonds is 7. The van der Waals surface area contributed by atoms with Crippen LogP contribution in [0.4, 0.5) is 4.79 Å². The lowest BCUT2D eigenvalue weighted by atomic mass is 10.0. The molecule has 0 aliphatic carbocycles. The number of ether oxygens (including phenoxy) is 2. The number of hydrogen-bond donors (Lipinski definition) is 1. The highest BCUT2D eigenvalue weighted by molar-refractivity contribution is 5.65. The summed E-state index contributed by atoms with van der Waals surface area (Å²) >= 11 is 0. The number of hydrogen-bond acceptors (Lipinski definition) is 3. The highest BCUT2D eigenvalue weighted by Crippen LogP contribution is 2.28. The van der Waals surface area contributed by atoms with Gasteiger partial charge in [0.15, 0.2) is 0 Å². The van der Waals surface area contributed by atoms with E-state index in [9.17, 15) is 4.79 Å². The van der Waals surface area contributed by atoms with Crippen LogP contribution in [0.15, 0.2) is 67.3 Å². The molecule has 2 rings (SSSR count). The fraction of sp³-hybridized carbons (Fsp3) is 0.167. The number of carbonyl (C=O) groups is 1. The van der Waals surface area contributed by atoms with Crippen LogP contribution in [0.25, 0.3) is 0 Å². The van der Waals surface area contributed by atoms with Crippen LogP contribution in [0.2, 0.25) is 0 Å². The van der Waals surface area contributed by atoms with Crippen molar-refractivity contribution in [1.82, 2.24) is 0 Å². The number of para-hydroxylation sites is 1. The summed E-state index contributed by atoms with van der Waals surface area (Å²) in [5, 5.41) is 0. The summed E-state index contributed by atoms with van der Waals surface area (Å²) in [4.78, 5) is 11.1. The Kier molecular flexibility index (Phi) is 5.60. The molecule has 2 aromatic carbocycles. The second kappa shape index (κ2) is 7.88. The molecule has 0 bridgehead atoms. The van der Waals surface area contributed by atoms with Crippen molar-refractivity contribution in [3.05, 3.63) is 72.8 Å². The Hall–Kier alpha value is -2.75. The molecule has 0 heterocycles. The molecule has 1 amide bonds. The minimum atomic E-state index is -0.788. The van der Waals surface area contributed by atoms with E-state index in [0.29, 0.717) is 12.2 Å². The van der Waals surface area contributed by atoms with Gasteiger partial charge in [-0.15, -0.1) is 6.58 Å². The van der Waals surface area contributed by atoms with Gasteiger partial charge in [0.05, 0.1) is 0 Å². The number of amides is 1.